The molecular weight excluding hydrogens is 480 g/mol. The molecule has 0 atom stereocenters. The number of amides is 1. The second kappa shape index (κ2) is 14.4. The predicted octanol–water partition coefficient (Wildman–Crippen LogP) is 7.13. The van der Waals surface area contributed by atoms with Crippen LogP contribution in [0, 0.1) is 5.92 Å². The van der Waals surface area contributed by atoms with Crippen LogP contribution >= 0.6 is 0 Å². The van der Waals surface area contributed by atoms with Gasteiger partial charge in [0.25, 0.3) is 5.91 Å². The number of benzene rings is 2. The van der Waals surface area contributed by atoms with Gasteiger partial charge in [0.2, 0.25) is 0 Å². The average Bonchev–Trinajstić information content (AvgIpc) is 3.35. The highest BCUT2D eigenvalue weighted by molar-refractivity contribution is 6.02. The van der Waals surface area contributed by atoms with Gasteiger partial charge >= 0.3 is 0 Å². The fraction of sp³-hybridized carbons (Fsp3) is 0.452. The van der Waals surface area contributed by atoms with E-state index in [-0.39, 0.29) is 11.6 Å². The Morgan fingerprint density at radius 1 is 1.00 bits per heavy atom. The van der Waals surface area contributed by atoms with Crippen molar-refractivity contribution in [3.63, 3.8) is 0 Å². The third-order valence-corrected chi connectivity index (χ3v) is 6.13. The number of nitrogens with zero attached hydrogens (tertiary/aromatic N) is 1. The molecule has 1 amide bonds. The van der Waals surface area contributed by atoms with Gasteiger partial charge in [0, 0.05) is 18.2 Å². The van der Waals surface area contributed by atoms with E-state index in [9.17, 15) is 9.59 Å². The molecule has 0 bridgehead atoms. The van der Waals surface area contributed by atoms with Crippen LogP contribution in [0.15, 0.2) is 40.9 Å². The van der Waals surface area contributed by atoms with Crippen molar-refractivity contribution in [2.45, 2.75) is 66.7 Å². The first-order chi connectivity index (χ1) is 18.4. The summed E-state index contributed by atoms with van der Waals surface area (Å²) in [4.78, 5) is 24.2. The van der Waals surface area contributed by atoms with Crippen LogP contribution in [0.1, 0.15) is 86.7 Å². The van der Waals surface area contributed by atoms with E-state index in [0.29, 0.717) is 48.3 Å². The van der Waals surface area contributed by atoms with Crippen molar-refractivity contribution in [1.29, 1.82) is 0 Å². The number of rotatable bonds is 15. The minimum Gasteiger partial charge on any atom is -0.493 e. The fourth-order valence-corrected chi connectivity index (χ4v) is 4.16. The van der Waals surface area contributed by atoms with E-state index in [1.807, 2.05) is 19.1 Å². The highest BCUT2D eigenvalue weighted by Gasteiger charge is 2.27. The van der Waals surface area contributed by atoms with Gasteiger partial charge in [-0.15, -0.1) is 0 Å². The molecule has 1 N–H and O–H groups in total. The molecule has 0 fully saturated rings. The van der Waals surface area contributed by atoms with E-state index >= 15 is 0 Å². The molecule has 7 nitrogen and oxygen atoms in total. The lowest BCUT2D eigenvalue weighted by atomic mass is 9.94. The summed E-state index contributed by atoms with van der Waals surface area (Å²) < 4.78 is 18.4. The largest absolute Gasteiger partial charge is 0.493 e. The van der Waals surface area contributed by atoms with Gasteiger partial charge in [-0.25, -0.2) is 0 Å². The lowest BCUT2D eigenvalue weighted by molar-refractivity contribution is 0.0947. The predicted molar refractivity (Wildman–Crippen MR) is 150 cm³/mol. The van der Waals surface area contributed by atoms with Gasteiger partial charge in [0.15, 0.2) is 11.5 Å². The summed E-state index contributed by atoms with van der Waals surface area (Å²) in [6.07, 6.45) is 5.51. The summed E-state index contributed by atoms with van der Waals surface area (Å²) in [5, 5.41) is 7.02. The molecule has 2 aromatic carbocycles. The maximum atomic E-state index is 13.0. The zero-order valence-electron chi connectivity index (χ0n) is 23.3. The second-order valence-corrected chi connectivity index (χ2v) is 9.79. The molecule has 1 heterocycles. The SMILES string of the molecule is CCCCOc1cc(OCCCC)c(-c2onc(C(=O)NCC)c2-c2ccc(C=O)cc2)cc1CC(C)C. The Kier molecular flexibility index (Phi) is 10.9. The maximum Gasteiger partial charge on any atom is 0.274 e. The molecule has 38 heavy (non-hydrogen) atoms. The zero-order valence-corrected chi connectivity index (χ0v) is 23.3. The van der Waals surface area contributed by atoms with Crippen LogP contribution < -0.4 is 14.8 Å². The fourth-order valence-electron chi connectivity index (χ4n) is 4.16. The van der Waals surface area contributed by atoms with Crippen molar-refractivity contribution < 1.29 is 23.6 Å². The molecular formula is C31H40N2O5. The van der Waals surface area contributed by atoms with Crippen LogP contribution in [0.5, 0.6) is 11.5 Å². The number of ether oxygens (including phenoxy) is 2. The molecule has 3 rings (SSSR count). The van der Waals surface area contributed by atoms with Crippen molar-refractivity contribution in [2.24, 2.45) is 5.92 Å². The zero-order chi connectivity index (χ0) is 27.5. The summed E-state index contributed by atoms with van der Waals surface area (Å²) in [5.74, 6) is 1.96. The van der Waals surface area contributed by atoms with E-state index in [1.54, 1.807) is 24.3 Å². The number of aromatic nitrogens is 1. The molecule has 204 valence electrons. The first-order valence-electron chi connectivity index (χ1n) is 13.7. The summed E-state index contributed by atoms with van der Waals surface area (Å²) in [6.45, 7) is 12.1. The number of hydrogen-bond donors (Lipinski definition) is 1. The standard InChI is InChI=1S/C31H40N2O5/c1-6-9-15-36-26-19-27(37-16-10-7-2)25(18-24(26)17-21(4)5)30-28(23-13-11-22(20-34)12-14-23)29(33-38-30)31(35)32-8-3/h11-14,18-21H,6-10,15-17H2,1-5H3,(H,32,35). The van der Waals surface area contributed by atoms with Crippen LogP contribution in [0.25, 0.3) is 22.5 Å². The van der Waals surface area contributed by atoms with Crippen LogP contribution in [-0.2, 0) is 6.42 Å². The number of nitrogens with one attached hydrogen (secondary N) is 1. The molecule has 0 aliphatic heterocycles. The third kappa shape index (κ3) is 7.24. The summed E-state index contributed by atoms with van der Waals surface area (Å²) >= 11 is 0. The Bertz CT molecular complexity index is 1200. The Hall–Kier alpha value is -3.61. The number of aldehydes is 1. The third-order valence-electron chi connectivity index (χ3n) is 6.13. The minimum absolute atomic E-state index is 0.189. The number of carbonyl (C=O) groups is 2. The van der Waals surface area contributed by atoms with Crippen molar-refractivity contribution in [3.05, 3.63) is 53.2 Å². The molecule has 7 heteroatoms. The molecule has 0 spiro atoms. The summed E-state index contributed by atoms with van der Waals surface area (Å²) in [6, 6.07) is 11.0. The van der Waals surface area contributed by atoms with E-state index < -0.39 is 0 Å². The number of carbonyl (C=O) groups excluding carboxylic acids is 2. The lowest BCUT2D eigenvalue weighted by Crippen LogP contribution is -2.23. The Morgan fingerprint density at radius 3 is 2.24 bits per heavy atom. The topological polar surface area (TPSA) is 90.7 Å². The van der Waals surface area contributed by atoms with Crippen molar-refractivity contribution >= 4 is 12.2 Å². The second-order valence-electron chi connectivity index (χ2n) is 9.79. The molecule has 0 unspecified atom stereocenters. The molecule has 0 aliphatic carbocycles. The van der Waals surface area contributed by atoms with Crippen LogP contribution in [-0.4, -0.2) is 37.1 Å². The monoisotopic (exact) mass is 520 g/mol. The van der Waals surface area contributed by atoms with E-state index in [1.165, 1.54) is 0 Å². The number of unbranched alkanes of at least 4 members (excludes halogenated alkanes) is 2. The van der Waals surface area contributed by atoms with Crippen LogP contribution in [0.3, 0.4) is 0 Å². The maximum absolute atomic E-state index is 13.0. The minimum atomic E-state index is -0.327. The van der Waals surface area contributed by atoms with Gasteiger partial charge in [0.05, 0.1) is 24.3 Å². The first kappa shape index (κ1) is 29.0. The number of hydrogen-bond acceptors (Lipinski definition) is 6. The highest BCUT2D eigenvalue weighted by Crippen LogP contribution is 2.43. The molecule has 0 saturated heterocycles. The summed E-state index contributed by atoms with van der Waals surface area (Å²) in [7, 11) is 0. The Balaban J connectivity index is 2.23. The van der Waals surface area contributed by atoms with E-state index in [0.717, 1.165) is 60.8 Å². The lowest BCUT2D eigenvalue weighted by Gasteiger charge is -2.18. The van der Waals surface area contributed by atoms with Gasteiger partial charge in [-0.05, 0) is 49.3 Å². The Morgan fingerprint density at radius 2 is 1.66 bits per heavy atom. The van der Waals surface area contributed by atoms with Crippen LogP contribution in [0.2, 0.25) is 0 Å². The van der Waals surface area contributed by atoms with Gasteiger partial charge < -0.3 is 19.3 Å². The van der Waals surface area contributed by atoms with E-state index in [4.69, 9.17) is 14.0 Å². The van der Waals surface area contributed by atoms with Crippen molar-refractivity contribution in [1.82, 2.24) is 10.5 Å². The smallest absolute Gasteiger partial charge is 0.274 e. The van der Waals surface area contributed by atoms with Gasteiger partial charge in [0.1, 0.15) is 17.8 Å². The molecule has 0 saturated carbocycles. The molecule has 3 aromatic rings. The van der Waals surface area contributed by atoms with Gasteiger partial charge in [-0.3, -0.25) is 9.59 Å². The molecule has 0 radical (unpaired) electrons. The average molecular weight is 521 g/mol. The highest BCUT2D eigenvalue weighted by atomic mass is 16.5. The van der Waals surface area contributed by atoms with Crippen LogP contribution in [0.4, 0.5) is 0 Å². The van der Waals surface area contributed by atoms with Crippen molar-refractivity contribution in [2.75, 3.05) is 19.8 Å². The summed E-state index contributed by atoms with van der Waals surface area (Å²) in [5.41, 5.74) is 3.78. The molecule has 1 aromatic heterocycles. The quantitative estimate of drug-likeness (QED) is 0.169. The van der Waals surface area contributed by atoms with Gasteiger partial charge in [-0.1, -0.05) is 70.0 Å². The first-order valence-corrected chi connectivity index (χ1v) is 13.7. The van der Waals surface area contributed by atoms with Gasteiger partial charge in [-0.2, -0.15) is 0 Å². The molecule has 0 aliphatic rings. The Labute approximate surface area is 225 Å². The normalized spacial score (nSPS) is 11.0. The van der Waals surface area contributed by atoms with Crippen molar-refractivity contribution in [3.8, 4) is 33.9 Å². The van der Waals surface area contributed by atoms with E-state index in [2.05, 4.69) is 38.2 Å².